The van der Waals surface area contributed by atoms with Crippen molar-refractivity contribution in [2.45, 2.75) is 32.2 Å². The maximum atomic E-state index is 14.2. The first-order chi connectivity index (χ1) is 33.8. The van der Waals surface area contributed by atoms with Crippen molar-refractivity contribution in [3.8, 4) is 0 Å². The summed E-state index contributed by atoms with van der Waals surface area (Å²) in [6, 6.07) is 20.1. The molecule has 9 rings (SSSR count). The topological polar surface area (TPSA) is 283 Å². The Bertz CT molecular complexity index is 3450. The average Bonchev–Trinajstić information content (AvgIpc) is 3.37. The van der Waals surface area contributed by atoms with Gasteiger partial charge in [-0.15, -0.1) is 0 Å². The van der Waals surface area contributed by atoms with Gasteiger partial charge in [0.05, 0.1) is 39.0 Å². The van der Waals surface area contributed by atoms with Crippen LogP contribution in [0.4, 0.5) is 0 Å². The molecule has 0 aliphatic heterocycles. The molecule has 0 bridgehead atoms. The van der Waals surface area contributed by atoms with Crippen LogP contribution in [0.15, 0.2) is 124 Å². The predicted molar refractivity (Wildman–Crippen MR) is 257 cm³/mol. The minimum absolute atomic E-state index is 0.106. The van der Waals surface area contributed by atoms with Gasteiger partial charge in [0, 0.05) is 75.4 Å². The number of carbonyl (C=O) groups excluding carboxylic acids is 4. The molecule has 0 saturated heterocycles. The third-order valence-corrected chi connectivity index (χ3v) is 12.3. The highest BCUT2D eigenvalue weighted by Gasteiger charge is 2.40. The van der Waals surface area contributed by atoms with Gasteiger partial charge >= 0.3 is 23.9 Å². The fourth-order valence-electron chi connectivity index (χ4n) is 8.40. The number of aliphatic carboxylic acids is 1. The highest BCUT2D eigenvalue weighted by Crippen LogP contribution is 2.24. The molecule has 0 fully saturated rings. The summed E-state index contributed by atoms with van der Waals surface area (Å²) in [5.41, 5.74) is -3.37. The lowest BCUT2D eigenvalue weighted by molar-refractivity contribution is -0.143. The van der Waals surface area contributed by atoms with Gasteiger partial charge in [-0.1, -0.05) is 50.2 Å². The first kappa shape index (κ1) is 46.0. The quantitative estimate of drug-likeness (QED) is 0.0467. The number of carboxylic acid groups (broad SMARTS) is 1. The van der Waals surface area contributed by atoms with E-state index < -0.39 is 100.0 Å². The molecule has 0 aliphatic carbocycles. The molecule has 0 radical (unpaired) electrons. The summed E-state index contributed by atoms with van der Waals surface area (Å²) >= 11 is 0. The van der Waals surface area contributed by atoms with Crippen molar-refractivity contribution in [2.24, 2.45) is 11.8 Å². The minimum atomic E-state index is -2.23. The number of aromatic amines is 3. The number of carboxylic acids is 1. The molecule has 19 heteroatoms. The van der Waals surface area contributed by atoms with Crippen molar-refractivity contribution in [3.05, 3.63) is 157 Å². The van der Waals surface area contributed by atoms with Crippen molar-refractivity contribution >= 4 is 95.2 Å². The molecule has 9 aromatic rings. The molecule has 2 unspecified atom stereocenters. The Hall–Kier alpha value is -9.13. The summed E-state index contributed by atoms with van der Waals surface area (Å²) in [5, 5.41) is 15.0. The van der Waals surface area contributed by atoms with E-state index >= 15 is 0 Å². The van der Waals surface area contributed by atoms with Crippen LogP contribution in [-0.2, 0) is 23.8 Å². The summed E-state index contributed by atoms with van der Waals surface area (Å²) in [4.78, 5) is 132. The molecule has 0 saturated carbocycles. The van der Waals surface area contributed by atoms with Gasteiger partial charge in [-0.05, 0) is 49.2 Å². The van der Waals surface area contributed by atoms with Crippen molar-refractivity contribution in [1.29, 1.82) is 0 Å². The normalized spacial score (nSPS) is 12.5. The summed E-state index contributed by atoms with van der Waals surface area (Å²) in [6.07, 6.45) is 8.06. The van der Waals surface area contributed by atoms with Crippen LogP contribution in [0, 0.1) is 11.8 Å². The van der Waals surface area contributed by atoms with Crippen LogP contribution < -0.4 is 21.6 Å². The average molecular weight is 944 g/mol. The SMILES string of the molecule is CCC(CC(C)C(=O)NC(COC(=O)c1c[nH]c2c(ccc3cccnc32)c1=O)(COC(=O)c1c[nH]c2c(ccc3cccnc32)c1=O)COC(=O)c1c[nH]c2c(ccc3cccnc32)c1=O)C(=O)O. The van der Waals surface area contributed by atoms with Gasteiger partial charge < -0.3 is 39.6 Å². The monoisotopic (exact) mass is 943 g/mol. The molecular formula is C51H41N7O12. The van der Waals surface area contributed by atoms with E-state index in [0.717, 1.165) is 34.7 Å². The molecular weight excluding hydrogens is 903 g/mol. The minimum Gasteiger partial charge on any atom is -0.481 e. The van der Waals surface area contributed by atoms with Crippen molar-refractivity contribution < 1.29 is 43.3 Å². The van der Waals surface area contributed by atoms with Gasteiger partial charge in [0.15, 0.2) is 0 Å². The van der Waals surface area contributed by atoms with E-state index in [2.05, 4.69) is 35.2 Å². The molecule has 0 aliphatic rings. The van der Waals surface area contributed by atoms with Crippen LogP contribution in [0.2, 0.25) is 0 Å². The Kier molecular flexibility index (Phi) is 12.4. The van der Waals surface area contributed by atoms with E-state index in [1.807, 2.05) is 0 Å². The second-order valence-electron chi connectivity index (χ2n) is 16.9. The number of H-pyrrole nitrogens is 3. The second-order valence-corrected chi connectivity index (χ2v) is 16.9. The summed E-state index contributed by atoms with van der Waals surface area (Å²) in [5.74, 6) is -7.60. The second kappa shape index (κ2) is 18.9. The number of pyridine rings is 6. The zero-order chi connectivity index (χ0) is 49.3. The van der Waals surface area contributed by atoms with E-state index in [0.29, 0.717) is 33.1 Å². The lowest BCUT2D eigenvalue weighted by Crippen LogP contribution is -2.60. The number of nitrogens with one attached hydrogen (secondary N) is 4. The van der Waals surface area contributed by atoms with Crippen LogP contribution in [0.25, 0.3) is 65.4 Å². The first-order valence-corrected chi connectivity index (χ1v) is 22.0. The number of carbonyl (C=O) groups is 5. The number of aromatic nitrogens is 6. The molecule has 6 heterocycles. The number of nitrogens with zero attached hydrogens (tertiary/aromatic N) is 3. The maximum absolute atomic E-state index is 14.2. The van der Waals surface area contributed by atoms with E-state index in [9.17, 15) is 43.5 Å². The molecule has 352 valence electrons. The molecule has 1 amide bonds. The van der Waals surface area contributed by atoms with Crippen LogP contribution in [0.5, 0.6) is 0 Å². The number of ether oxygens (including phenoxy) is 3. The standard InChI is InChI=1S/C51H41N7O12/c1-3-27(47(63)64)19-26(2)46(62)58-51(23-68-48(65)34-20-55-40-31(43(34)59)13-10-28-7-4-16-52-37(28)40,24-69-49(66)35-21-56-41-32(44(35)60)14-11-29-8-5-17-53-38(29)41)25-70-50(67)36-22-57-42-33(45(36)61)15-12-30-9-6-18-54-39(30)42/h4-18,20-22,26-27H,3,19,23-25H2,1-2H3,(H,55,59)(H,56,60)(H,57,61)(H,58,62)(H,63,64). The number of hydrogen-bond acceptors (Lipinski definition) is 14. The molecule has 0 spiro atoms. The molecule has 5 N–H and O–H groups in total. The van der Waals surface area contributed by atoms with Gasteiger partial charge in [0.1, 0.15) is 42.0 Å². The van der Waals surface area contributed by atoms with Gasteiger partial charge in [-0.25, -0.2) is 14.4 Å². The van der Waals surface area contributed by atoms with Gasteiger partial charge in [-0.2, -0.15) is 0 Å². The lowest BCUT2D eigenvalue weighted by Gasteiger charge is -2.34. The van der Waals surface area contributed by atoms with E-state index in [-0.39, 0.29) is 29.0 Å². The first-order valence-electron chi connectivity index (χ1n) is 22.0. The van der Waals surface area contributed by atoms with Crippen LogP contribution in [-0.4, -0.2) is 90.2 Å². The van der Waals surface area contributed by atoms with Gasteiger partial charge in [0.2, 0.25) is 22.2 Å². The van der Waals surface area contributed by atoms with E-state index in [4.69, 9.17) is 14.2 Å². The molecule has 19 nitrogen and oxygen atoms in total. The van der Waals surface area contributed by atoms with Crippen LogP contribution >= 0.6 is 0 Å². The Morgan fingerprint density at radius 3 is 1.27 bits per heavy atom. The van der Waals surface area contributed by atoms with Crippen LogP contribution in [0.1, 0.15) is 57.8 Å². The highest BCUT2D eigenvalue weighted by molar-refractivity contribution is 6.07. The number of rotatable bonds is 15. The van der Waals surface area contributed by atoms with Crippen molar-refractivity contribution in [1.82, 2.24) is 35.2 Å². The highest BCUT2D eigenvalue weighted by atomic mass is 16.6. The van der Waals surface area contributed by atoms with Gasteiger partial charge in [-0.3, -0.25) is 38.9 Å². The Labute approximate surface area is 393 Å². The zero-order valence-corrected chi connectivity index (χ0v) is 37.4. The molecule has 6 aromatic heterocycles. The molecule has 70 heavy (non-hydrogen) atoms. The number of benzene rings is 3. The Balaban J connectivity index is 1.08. The largest absolute Gasteiger partial charge is 0.481 e. The lowest BCUT2D eigenvalue weighted by atomic mass is 9.92. The smallest absolute Gasteiger partial charge is 0.343 e. The predicted octanol–water partition coefficient (Wildman–Crippen LogP) is 5.72. The summed E-state index contributed by atoms with van der Waals surface area (Å²) < 4.78 is 17.2. The molecule has 2 atom stereocenters. The summed E-state index contributed by atoms with van der Waals surface area (Å²) in [6.45, 7) is 0.239. The number of amides is 1. The van der Waals surface area contributed by atoms with Gasteiger partial charge in [0.25, 0.3) is 0 Å². The maximum Gasteiger partial charge on any atom is 0.343 e. The molecule has 3 aromatic carbocycles. The Morgan fingerprint density at radius 2 is 0.943 bits per heavy atom. The number of hydrogen-bond donors (Lipinski definition) is 5. The third-order valence-electron chi connectivity index (χ3n) is 12.3. The van der Waals surface area contributed by atoms with E-state index in [1.165, 1.54) is 25.1 Å². The van der Waals surface area contributed by atoms with Crippen LogP contribution in [0.3, 0.4) is 0 Å². The zero-order valence-electron chi connectivity index (χ0n) is 37.4. The number of fused-ring (bicyclic) bond motifs is 9. The fourth-order valence-corrected chi connectivity index (χ4v) is 8.40. The van der Waals surface area contributed by atoms with Crippen molar-refractivity contribution in [2.75, 3.05) is 19.8 Å². The number of esters is 3. The summed E-state index contributed by atoms with van der Waals surface area (Å²) in [7, 11) is 0. The third kappa shape index (κ3) is 8.66. The van der Waals surface area contributed by atoms with E-state index in [1.54, 1.807) is 80.1 Å². The van der Waals surface area contributed by atoms with Crippen molar-refractivity contribution in [3.63, 3.8) is 0 Å². The fraction of sp³-hybridized carbons (Fsp3) is 0.196. The Morgan fingerprint density at radius 1 is 0.586 bits per heavy atom.